The predicted octanol–water partition coefficient (Wildman–Crippen LogP) is 0.732. The molecule has 1 amide bonds. The average Bonchev–Trinajstić information content (AvgIpc) is 3.05. The Morgan fingerprint density at radius 1 is 1.50 bits per heavy atom. The predicted molar refractivity (Wildman–Crippen MR) is 61.0 cm³/mol. The highest BCUT2D eigenvalue weighted by Gasteiger charge is 2.17. The molecule has 1 aromatic heterocycles. The van der Waals surface area contributed by atoms with Crippen molar-refractivity contribution in [1.29, 1.82) is 0 Å². The van der Waals surface area contributed by atoms with Crippen LogP contribution in [-0.2, 0) is 14.3 Å². The molecule has 0 aliphatic carbocycles. The minimum absolute atomic E-state index is 0.0784. The SMILES string of the molecule is O=C(COC(=O)c1ccco1)NC[C@H]1CCCO1. The summed E-state index contributed by atoms with van der Waals surface area (Å²) in [6.45, 7) is 0.886. The smallest absolute Gasteiger partial charge is 0.374 e. The lowest BCUT2D eigenvalue weighted by Crippen LogP contribution is -2.34. The number of amides is 1. The topological polar surface area (TPSA) is 77.8 Å². The maximum Gasteiger partial charge on any atom is 0.374 e. The molecular formula is C12H15NO5. The maximum atomic E-state index is 11.4. The van der Waals surface area contributed by atoms with Gasteiger partial charge in [0.05, 0.1) is 12.4 Å². The first-order chi connectivity index (χ1) is 8.75. The average molecular weight is 253 g/mol. The van der Waals surface area contributed by atoms with E-state index in [2.05, 4.69) is 5.32 Å². The molecule has 1 aliphatic rings. The standard InChI is InChI=1S/C12H15NO5/c14-11(13-7-9-3-1-5-16-9)8-18-12(15)10-4-2-6-17-10/h2,4,6,9H,1,3,5,7-8H2,(H,13,14)/t9-/m1/s1. The van der Waals surface area contributed by atoms with Crippen LogP contribution in [0.1, 0.15) is 23.4 Å². The Morgan fingerprint density at radius 3 is 3.06 bits per heavy atom. The quantitative estimate of drug-likeness (QED) is 0.783. The Labute approximate surface area is 104 Å². The first-order valence-corrected chi connectivity index (χ1v) is 5.84. The van der Waals surface area contributed by atoms with Gasteiger partial charge in [-0.3, -0.25) is 4.79 Å². The molecule has 0 bridgehead atoms. The van der Waals surface area contributed by atoms with Crippen LogP contribution in [0.3, 0.4) is 0 Å². The number of furan rings is 1. The fraction of sp³-hybridized carbons (Fsp3) is 0.500. The van der Waals surface area contributed by atoms with E-state index < -0.39 is 5.97 Å². The zero-order chi connectivity index (χ0) is 12.8. The molecule has 0 aromatic carbocycles. The Hall–Kier alpha value is -1.82. The summed E-state index contributed by atoms with van der Waals surface area (Å²) in [5.74, 6) is -0.903. The van der Waals surface area contributed by atoms with Crippen LogP contribution in [0.15, 0.2) is 22.8 Å². The third-order valence-corrected chi connectivity index (χ3v) is 2.61. The zero-order valence-corrected chi connectivity index (χ0v) is 9.89. The highest BCUT2D eigenvalue weighted by molar-refractivity contribution is 5.88. The van der Waals surface area contributed by atoms with Crippen molar-refractivity contribution in [3.63, 3.8) is 0 Å². The fourth-order valence-electron chi connectivity index (χ4n) is 1.68. The highest BCUT2D eigenvalue weighted by Crippen LogP contribution is 2.10. The van der Waals surface area contributed by atoms with Gasteiger partial charge in [-0.15, -0.1) is 0 Å². The van der Waals surface area contributed by atoms with Gasteiger partial charge in [-0.25, -0.2) is 4.79 Å². The molecule has 1 saturated heterocycles. The van der Waals surface area contributed by atoms with Crippen LogP contribution in [0, 0.1) is 0 Å². The van der Waals surface area contributed by atoms with Gasteiger partial charge in [0, 0.05) is 13.2 Å². The minimum Gasteiger partial charge on any atom is -0.457 e. The minimum atomic E-state index is -0.646. The molecule has 98 valence electrons. The molecule has 2 heterocycles. The van der Waals surface area contributed by atoms with Gasteiger partial charge in [0.15, 0.2) is 6.61 Å². The van der Waals surface area contributed by atoms with E-state index in [0.29, 0.717) is 6.54 Å². The van der Waals surface area contributed by atoms with Crippen LogP contribution in [0.2, 0.25) is 0 Å². The van der Waals surface area contributed by atoms with Crippen LogP contribution in [0.5, 0.6) is 0 Å². The summed E-state index contributed by atoms with van der Waals surface area (Å²) in [6.07, 6.45) is 3.42. The number of nitrogens with one attached hydrogen (secondary N) is 1. The van der Waals surface area contributed by atoms with Gasteiger partial charge in [0.1, 0.15) is 0 Å². The molecule has 18 heavy (non-hydrogen) atoms. The Bertz CT molecular complexity index is 395. The van der Waals surface area contributed by atoms with Gasteiger partial charge in [-0.2, -0.15) is 0 Å². The Kier molecular flexibility index (Phi) is 4.35. The molecule has 6 heteroatoms. The third kappa shape index (κ3) is 3.59. The fourth-order valence-corrected chi connectivity index (χ4v) is 1.68. The van der Waals surface area contributed by atoms with Crippen molar-refractivity contribution in [2.75, 3.05) is 19.8 Å². The van der Waals surface area contributed by atoms with Crippen LogP contribution < -0.4 is 5.32 Å². The normalized spacial score (nSPS) is 18.6. The second-order valence-corrected chi connectivity index (χ2v) is 3.99. The van der Waals surface area contributed by atoms with Gasteiger partial charge in [-0.05, 0) is 25.0 Å². The summed E-state index contributed by atoms with van der Waals surface area (Å²) in [4.78, 5) is 22.7. The molecule has 2 rings (SSSR count). The van der Waals surface area contributed by atoms with Crippen molar-refractivity contribution < 1.29 is 23.5 Å². The zero-order valence-electron chi connectivity index (χ0n) is 9.89. The summed E-state index contributed by atoms with van der Waals surface area (Å²) in [7, 11) is 0. The largest absolute Gasteiger partial charge is 0.457 e. The molecule has 0 radical (unpaired) electrons. The van der Waals surface area contributed by atoms with Crippen LogP contribution in [-0.4, -0.2) is 37.7 Å². The molecule has 1 aromatic rings. The van der Waals surface area contributed by atoms with Crippen LogP contribution in [0.25, 0.3) is 0 Å². The van der Waals surface area contributed by atoms with Crippen LogP contribution in [0.4, 0.5) is 0 Å². The van der Waals surface area contributed by atoms with E-state index in [4.69, 9.17) is 13.9 Å². The monoisotopic (exact) mass is 253 g/mol. The number of carbonyl (C=O) groups excluding carboxylic acids is 2. The Balaban J connectivity index is 1.63. The van der Waals surface area contributed by atoms with Gasteiger partial charge in [-0.1, -0.05) is 0 Å². The lowest BCUT2D eigenvalue weighted by Gasteiger charge is -2.10. The number of hydrogen-bond donors (Lipinski definition) is 1. The second-order valence-electron chi connectivity index (χ2n) is 3.99. The summed E-state index contributed by atoms with van der Waals surface area (Å²) >= 11 is 0. The van der Waals surface area contributed by atoms with Gasteiger partial charge >= 0.3 is 5.97 Å². The summed E-state index contributed by atoms with van der Waals surface area (Å²) in [6, 6.07) is 3.06. The molecular weight excluding hydrogens is 238 g/mol. The van der Waals surface area contributed by atoms with E-state index in [0.717, 1.165) is 19.4 Å². The lowest BCUT2D eigenvalue weighted by atomic mass is 10.2. The first kappa shape index (κ1) is 12.6. The summed E-state index contributed by atoms with van der Waals surface area (Å²) in [5, 5.41) is 2.65. The molecule has 0 unspecified atom stereocenters. The molecule has 0 saturated carbocycles. The molecule has 1 aliphatic heterocycles. The van der Waals surface area contributed by atoms with Crippen molar-refractivity contribution in [3.8, 4) is 0 Å². The van der Waals surface area contributed by atoms with E-state index >= 15 is 0 Å². The molecule has 1 fully saturated rings. The van der Waals surface area contributed by atoms with Crippen LogP contribution >= 0.6 is 0 Å². The number of hydrogen-bond acceptors (Lipinski definition) is 5. The number of ether oxygens (including phenoxy) is 2. The number of esters is 1. The maximum absolute atomic E-state index is 11.4. The third-order valence-electron chi connectivity index (χ3n) is 2.61. The van der Waals surface area contributed by atoms with Crippen molar-refractivity contribution in [1.82, 2.24) is 5.32 Å². The second kappa shape index (κ2) is 6.20. The lowest BCUT2D eigenvalue weighted by molar-refractivity contribution is -0.124. The van der Waals surface area contributed by atoms with Crippen molar-refractivity contribution >= 4 is 11.9 Å². The highest BCUT2D eigenvalue weighted by atomic mass is 16.5. The molecule has 1 N–H and O–H groups in total. The van der Waals surface area contributed by atoms with Crippen molar-refractivity contribution in [2.45, 2.75) is 18.9 Å². The van der Waals surface area contributed by atoms with E-state index in [1.54, 1.807) is 6.07 Å². The molecule has 1 atom stereocenters. The summed E-state index contributed by atoms with van der Waals surface area (Å²) in [5.41, 5.74) is 0. The Morgan fingerprint density at radius 2 is 2.39 bits per heavy atom. The molecule has 6 nitrogen and oxygen atoms in total. The van der Waals surface area contributed by atoms with Crippen molar-refractivity contribution in [2.24, 2.45) is 0 Å². The van der Waals surface area contributed by atoms with Gasteiger partial charge in [0.2, 0.25) is 5.76 Å². The molecule has 0 spiro atoms. The summed E-state index contributed by atoms with van der Waals surface area (Å²) < 4.78 is 15.0. The van der Waals surface area contributed by atoms with Crippen molar-refractivity contribution in [3.05, 3.63) is 24.2 Å². The number of carbonyl (C=O) groups is 2. The first-order valence-electron chi connectivity index (χ1n) is 5.84. The van der Waals surface area contributed by atoms with E-state index in [-0.39, 0.29) is 24.4 Å². The van der Waals surface area contributed by atoms with E-state index in [9.17, 15) is 9.59 Å². The number of rotatable bonds is 5. The van der Waals surface area contributed by atoms with Gasteiger partial charge in [0.25, 0.3) is 5.91 Å². The van der Waals surface area contributed by atoms with E-state index in [1.807, 2.05) is 0 Å². The van der Waals surface area contributed by atoms with E-state index in [1.165, 1.54) is 12.3 Å². The van der Waals surface area contributed by atoms with Gasteiger partial charge < -0.3 is 19.2 Å².